The molecule has 3 rings (SSSR count). The zero-order valence-corrected chi connectivity index (χ0v) is 19.9. The second-order valence-electron chi connectivity index (χ2n) is 7.95. The van der Waals surface area contributed by atoms with E-state index in [1.807, 2.05) is 61.5 Å². The lowest BCUT2D eigenvalue weighted by Gasteiger charge is -2.40. The molecule has 0 heterocycles. The van der Waals surface area contributed by atoms with Crippen LogP contribution < -0.4 is 15.6 Å². The highest BCUT2D eigenvalue weighted by atomic mass is 28.4. The van der Waals surface area contributed by atoms with Gasteiger partial charge in [0.25, 0.3) is 8.32 Å². The van der Waals surface area contributed by atoms with E-state index in [0.29, 0.717) is 5.57 Å². The highest BCUT2D eigenvalue weighted by molar-refractivity contribution is 7.11. The van der Waals surface area contributed by atoms with E-state index in [4.69, 9.17) is 4.12 Å². The molecule has 0 radical (unpaired) electrons. The van der Waals surface area contributed by atoms with E-state index in [0.717, 1.165) is 20.8 Å². The standard InChI is InChI=1S/C25H28O3Si2/c1-20(25(26)27)21(2)29(3,4)28-30(22-14-8-5-9-15-22,23-16-10-6-11-17-23)24-18-12-7-13-19-24/h5-19H,1-4H3,(H,26,27)/b21-20+. The van der Waals surface area contributed by atoms with Gasteiger partial charge < -0.3 is 9.22 Å². The van der Waals surface area contributed by atoms with Gasteiger partial charge in [-0.3, -0.25) is 0 Å². The molecule has 0 saturated heterocycles. The molecule has 0 aliphatic carbocycles. The summed E-state index contributed by atoms with van der Waals surface area (Å²) in [6, 6.07) is 31.2. The molecule has 0 atom stereocenters. The summed E-state index contributed by atoms with van der Waals surface area (Å²) in [6.07, 6.45) is 0. The Kier molecular flexibility index (Phi) is 6.56. The van der Waals surface area contributed by atoms with Crippen molar-refractivity contribution in [3.05, 3.63) is 102 Å². The maximum absolute atomic E-state index is 11.7. The van der Waals surface area contributed by atoms with Crippen LogP contribution in [0.5, 0.6) is 0 Å². The number of aliphatic carboxylic acids is 1. The smallest absolute Gasteiger partial charge is 0.330 e. The lowest BCUT2D eigenvalue weighted by Crippen LogP contribution is -2.72. The molecule has 0 unspecified atom stereocenters. The Morgan fingerprint density at radius 1 is 0.700 bits per heavy atom. The van der Waals surface area contributed by atoms with Crippen LogP contribution in [-0.4, -0.2) is 27.7 Å². The highest BCUT2D eigenvalue weighted by Crippen LogP contribution is 2.25. The average Bonchev–Trinajstić information content (AvgIpc) is 2.78. The first kappa shape index (κ1) is 22.0. The summed E-state index contributed by atoms with van der Waals surface area (Å²) >= 11 is 0. The number of benzene rings is 3. The van der Waals surface area contributed by atoms with Gasteiger partial charge in [-0.1, -0.05) is 91.0 Å². The number of rotatable bonds is 7. The molecule has 0 amide bonds. The topological polar surface area (TPSA) is 46.5 Å². The van der Waals surface area contributed by atoms with Crippen molar-refractivity contribution in [1.82, 2.24) is 0 Å². The fraction of sp³-hybridized carbons (Fsp3) is 0.160. The van der Waals surface area contributed by atoms with Gasteiger partial charge in [-0.05, 0) is 47.7 Å². The second-order valence-corrected chi connectivity index (χ2v) is 15.6. The fourth-order valence-corrected chi connectivity index (χ4v) is 12.9. The summed E-state index contributed by atoms with van der Waals surface area (Å²) in [5.41, 5.74) is 0.378. The molecule has 0 aliphatic heterocycles. The average molecular weight is 433 g/mol. The first-order valence-corrected chi connectivity index (χ1v) is 14.9. The van der Waals surface area contributed by atoms with Crippen LogP contribution in [0.25, 0.3) is 0 Å². The van der Waals surface area contributed by atoms with Crippen LogP contribution in [0.2, 0.25) is 13.1 Å². The molecule has 0 bridgehead atoms. The summed E-state index contributed by atoms with van der Waals surface area (Å²) in [4.78, 5) is 11.7. The lowest BCUT2D eigenvalue weighted by atomic mass is 10.3. The molecule has 0 aliphatic rings. The van der Waals surface area contributed by atoms with Crippen molar-refractivity contribution in [2.24, 2.45) is 0 Å². The minimum absolute atomic E-state index is 0.378. The number of carboxylic acid groups (broad SMARTS) is 1. The molecule has 154 valence electrons. The maximum Gasteiger partial charge on any atom is 0.330 e. The lowest BCUT2D eigenvalue weighted by molar-refractivity contribution is -0.132. The van der Waals surface area contributed by atoms with Crippen molar-refractivity contribution >= 4 is 38.2 Å². The molecule has 0 saturated carbocycles. The number of allylic oxidation sites excluding steroid dienone is 1. The molecule has 3 aromatic rings. The number of hydrogen-bond acceptors (Lipinski definition) is 2. The zero-order valence-electron chi connectivity index (χ0n) is 17.9. The predicted molar refractivity (Wildman–Crippen MR) is 129 cm³/mol. The Morgan fingerprint density at radius 3 is 1.33 bits per heavy atom. The van der Waals surface area contributed by atoms with Crippen molar-refractivity contribution < 1.29 is 14.0 Å². The van der Waals surface area contributed by atoms with E-state index in [2.05, 4.69) is 49.5 Å². The van der Waals surface area contributed by atoms with Gasteiger partial charge in [0.1, 0.15) is 0 Å². The van der Waals surface area contributed by atoms with Gasteiger partial charge in [0.2, 0.25) is 8.32 Å². The Morgan fingerprint density at radius 2 is 1.03 bits per heavy atom. The van der Waals surface area contributed by atoms with Gasteiger partial charge >= 0.3 is 5.97 Å². The van der Waals surface area contributed by atoms with E-state index < -0.39 is 22.6 Å². The Balaban J connectivity index is 2.32. The van der Waals surface area contributed by atoms with E-state index >= 15 is 0 Å². The predicted octanol–water partition coefficient (Wildman–Crippen LogP) is 3.84. The Bertz CT molecular complexity index is 933. The Hall–Kier alpha value is -2.74. The normalized spacial score (nSPS) is 12.9. The van der Waals surface area contributed by atoms with Crippen molar-refractivity contribution in [2.45, 2.75) is 26.9 Å². The summed E-state index contributed by atoms with van der Waals surface area (Å²) < 4.78 is 7.27. The number of carboxylic acids is 1. The Labute approximate surface area is 180 Å². The quantitative estimate of drug-likeness (QED) is 0.351. The number of hydrogen-bond donors (Lipinski definition) is 1. The molecule has 0 aromatic heterocycles. The van der Waals surface area contributed by atoms with Gasteiger partial charge in [0, 0.05) is 5.57 Å². The largest absolute Gasteiger partial charge is 0.478 e. The van der Waals surface area contributed by atoms with Crippen molar-refractivity contribution in [3.63, 3.8) is 0 Å². The van der Waals surface area contributed by atoms with Gasteiger partial charge in [-0.25, -0.2) is 4.79 Å². The van der Waals surface area contributed by atoms with Crippen molar-refractivity contribution in [3.8, 4) is 0 Å². The van der Waals surface area contributed by atoms with Crippen LogP contribution in [0.3, 0.4) is 0 Å². The van der Waals surface area contributed by atoms with E-state index in [9.17, 15) is 9.90 Å². The maximum atomic E-state index is 11.7. The first-order valence-electron chi connectivity index (χ1n) is 10.1. The van der Waals surface area contributed by atoms with Crippen molar-refractivity contribution in [1.29, 1.82) is 0 Å². The number of carbonyl (C=O) groups is 1. The van der Waals surface area contributed by atoms with E-state index in [1.165, 1.54) is 0 Å². The summed E-state index contributed by atoms with van der Waals surface area (Å²) in [5, 5.41) is 13.9. The molecular weight excluding hydrogens is 404 g/mol. The fourth-order valence-electron chi connectivity index (χ4n) is 3.77. The molecule has 5 heteroatoms. The highest BCUT2D eigenvalue weighted by Gasteiger charge is 2.47. The molecule has 0 fully saturated rings. The summed E-state index contributed by atoms with van der Waals surface area (Å²) in [5.74, 6) is -0.886. The van der Waals surface area contributed by atoms with Crippen LogP contribution in [0, 0.1) is 0 Å². The third kappa shape index (κ3) is 4.23. The molecule has 1 N–H and O–H groups in total. The van der Waals surface area contributed by atoms with E-state index in [-0.39, 0.29) is 0 Å². The van der Waals surface area contributed by atoms with Gasteiger partial charge in [0.05, 0.1) is 0 Å². The molecular formula is C25H28O3Si2. The van der Waals surface area contributed by atoms with Crippen molar-refractivity contribution in [2.75, 3.05) is 0 Å². The third-order valence-corrected chi connectivity index (χ3v) is 14.6. The minimum Gasteiger partial charge on any atom is -0.478 e. The van der Waals surface area contributed by atoms with Crippen LogP contribution in [0.4, 0.5) is 0 Å². The molecule has 30 heavy (non-hydrogen) atoms. The second kappa shape index (κ2) is 8.96. The monoisotopic (exact) mass is 432 g/mol. The van der Waals surface area contributed by atoms with E-state index in [1.54, 1.807) is 6.92 Å². The van der Waals surface area contributed by atoms with Gasteiger partial charge in [0.15, 0.2) is 0 Å². The van der Waals surface area contributed by atoms with Crippen LogP contribution >= 0.6 is 0 Å². The summed E-state index contributed by atoms with van der Waals surface area (Å²) in [6.45, 7) is 7.79. The summed E-state index contributed by atoms with van der Waals surface area (Å²) in [7, 11) is -5.42. The molecule has 3 nitrogen and oxygen atoms in total. The van der Waals surface area contributed by atoms with Crippen LogP contribution in [0.1, 0.15) is 13.8 Å². The third-order valence-electron chi connectivity index (χ3n) is 5.74. The van der Waals surface area contributed by atoms with Crippen LogP contribution in [-0.2, 0) is 8.91 Å². The minimum atomic E-state index is -2.87. The first-order chi connectivity index (χ1) is 14.3. The molecule has 3 aromatic carbocycles. The zero-order chi connectivity index (χ0) is 21.8. The SMILES string of the molecule is C/C(C(=O)O)=C(/C)[Si](C)(C)O[Si](c1ccccc1)(c1ccccc1)c1ccccc1. The van der Waals surface area contributed by atoms with Crippen LogP contribution in [0.15, 0.2) is 102 Å². The van der Waals surface area contributed by atoms with Gasteiger partial charge in [-0.15, -0.1) is 0 Å². The molecule has 0 spiro atoms. The van der Waals surface area contributed by atoms with Gasteiger partial charge in [-0.2, -0.15) is 0 Å².